The summed E-state index contributed by atoms with van der Waals surface area (Å²) in [7, 11) is 0. The molecule has 7 heteroatoms. The van der Waals surface area contributed by atoms with Gasteiger partial charge in [-0.3, -0.25) is 5.10 Å². The molecular weight excluding hydrogens is 304 g/mol. The zero-order valence-corrected chi connectivity index (χ0v) is 13.3. The van der Waals surface area contributed by atoms with E-state index in [0.29, 0.717) is 0 Å². The van der Waals surface area contributed by atoms with Gasteiger partial charge >= 0.3 is 0 Å². The fourth-order valence-electron chi connectivity index (χ4n) is 1.79. The van der Waals surface area contributed by atoms with Crippen molar-refractivity contribution in [3.05, 3.63) is 45.2 Å². The third kappa shape index (κ3) is 3.43. The molecule has 0 bridgehead atoms. The molecule has 0 amide bonds. The maximum absolute atomic E-state index is 5.15. The average Bonchev–Trinajstić information content (AvgIpc) is 3.18. The van der Waals surface area contributed by atoms with Crippen LogP contribution in [0, 0.1) is 13.8 Å². The van der Waals surface area contributed by atoms with Gasteiger partial charge in [-0.05, 0) is 37.4 Å². The van der Waals surface area contributed by atoms with Crippen LogP contribution < -0.4 is 0 Å². The first kappa shape index (κ1) is 14.1. The topological polar surface area (TPSA) is 67.6 Å². The van der Waals surface area contributed by atoms with Gasteiger partial charge in [0.1, 0.15) is 11.6 Å². The van der Waals surface area contributed by atoms with E-state index in [2.05, 4.69) is 26.4 Å². The van der Waals surface area contributed by atoms with E-state index in [-0.39, 0.29) is 0 Å². The Bertz CT molecular complexity index is 723. The summed E-state index contributed by atoms with van der Waals surface area (Å²) in [4.78, 5) is 5.62. The molecule has 3 heterocycles. The minimum absolute atomic E-state index is 0.723. The molecule has 3 aromatic heterocycles. The summed E-state index contributed by atoms with van der Waals surface area (Å²) in [5.74, 6) is 2.37. The lowest BCUT2D eigenvalue weighted by Gasteiger charge is -1.95. The molecule has 0 spiro atoms. The van der Waals surface area contributed by atoms with Crippen LogP contribution in [0.1, 0.15) is 27.7 Å². The normalized spacial score (nSPS) is 11.5. The number of thioether (sulfide) groups is 1. The largest absolute Gasteiger partial charge is 0.361 e. The lowest BCUT2D eigenvalue weighted by molar-refractivity contribution is 0.392. The van der Waals surface area contributed by atoms with Gasteiger partial charge in [0, 0.05) is 16.2 Å². The van der Waals surface area contributed by atoms with E-state index in [4.69, 9.17) is 4.52 Å². The second-order valence-electron chi connectivity index (χ2n) is 4.44. The molecular formula is C14H14N4OS2. The van der Waals surface area contributed by atoms with Crippen LogP contribution in [0.4, 0.5) is 0 Å². The van der Waals surface area contributed by atoms with Crippen molar-refractivity contribution in [3.8, 4) is 0 Å². The first-order valence-corrected chi connectivity index (χ1v) is 8.27. The Hall–Kier alpha value is -1.86. The summed E-state index contributed by atoms with van der Waals surface area (Å²) >= 11 is 3.26. The van der Waals surface area contributed by atoms with Gasteiger partial charge in [0.05, 0.1) is 5.69 Å². The van der Waals surface area contributed by atoms with E-state index in [9.17, 15) is 0 Å². The lowest BCUT2D eigenvalue weighted by atomic mass is 10.2. The Balaban J connectivity index is 1.63. The van der Waals surface area contributed by atoms with Gasteiger partial charge in [0.25, 0.3) is 0 Å². The fraction of sp³-hybridized carbons (Fsp3) is 0.214. The highest BCUT2D eigenvalue weighted by Gasteiger charge is 2.10. The summed E-state index contributed by atoms with van der Waals surface area (Å²) in [6, 6.07) is 4.08. The molecule has 0 unspecified atom stereocenters. The first-order valence-electron chi connectivity index (χ1n) is 6.41. The molecule has 0 aromatic carbocycles. The van der Waals surface area contributed by atoms with E-state index in [1.54, 1.807) is 23.1 Å². The van der Waals surface area contributed by atoms with Gasteiger partial charge in [-0.15, -0.1) is 16.4 Å². The fourth-order valence-corrected chi connectivity index (χ4v) is 3.37. The van der Waals surface area contributed by atoms with Gasteiger partial charge in [-0.25, -0.2) is 4.98 Å². The molecule has 0 fully saturated rings. The quantitative estimate of drug-likeness (QED) is 0.722. The smallest absolute Gasteiger partial charge is 0.209 e. The maximum atomic E-state index is 5.15. The molecule has 0 aliphatic carbocycles. The van der Waals surface area contributed by atoms with Crippen molar-refractivity contribution in [2.75, 3.05) is 0 Å². The van der Waals surface area contributed by atoms with E-state index in [1.165, 1.54) is 4.88 Å². The molecule has 0 aliphatic heterocycles. The molecule has 1 N–H and O–H groups in total. The standard InChI is InChI=1S/C14H14N4OS2/c1-9-12(10(2)19-18-9)8-21-14-15-13(16-17-14)6-5-11-4-3-7-20-11/h3-7H,8H2,1-2H3,(H,15,16,17). The van der Waals surface area contributed by atoms with Gasteiger partial charge < -0.3 is 4.52 Å². The summed E-state index contributed by atoms with van der Waals surface area (Å²) in [6.45, 7) is 3.86. The Morgan fingerprint density at radius 3 is 3.00 bits per heavy atom. The van der Waals surface area contributed by atoms with Crippen LogP contribution in [0.15, 0.2) is 27.2 Å². The molecule has 0 saturated carbocycles. The monoisotopic (exact) mass is 318 g/mol. The van der Waals surface area contributed by atoms with Gasteiger partial charge in [-0.1, -0.05) is 23.0 Å². The number of nitrogens with zero attached hydrogens (tertiary/aromatic N) is 3. The minimum atomic E-state index is 0.723. The molecule has 108 valence electrons. The Morgan fingerprint density at radius 2 is 2.29 bits per heavy atom. The molecule has 0 aliphatic rings. The number of aryl methyl sites for hydroxylation is 2. The molecule has 3 aromatic rings. The van der Waals surface area contributed by atoms with E-state index in [1.807, 2.05) is 37.4 Å². The van der Waals surface area contributed by atoms with Gasteiger partial charge in [0.2, 0.25) is 5.16 Å². The maximum Gasteiger partial charge on any atom is 0.209 e. The Labute approximate surface area is 130 Å². The predicted octanol–water partition coefficient (Wildman–Crippen LogP) is 3.93. The van der Waals surface area contributed by atoms with Crippen LogP contribution in [0.3, 0.4) is 0 Å². The van der Waals surface area contributed by atoms with Crippen molar-refractivity contribution in [3.63, 3.8) is 0 Å². The van der Waals surface area contributed by atoms with Crippen LogP contribution in [-0.2, 0) is 5.75 Å². The van der Waals surface area contributed by atoms with Crippen LogP contribution in [0.2, 0.25) is 0 Å². The van der Waals surface area contributed by atoms with Crippen molar-refractivity contribution in [2.24, 2.45) is 0 Å². The summed E-state index contributed by atoms with van der Waals surface area (Å²) < 4.78 is 5.15. The number of hydrogen-bond acceptors (Lipinski definition) is 6. The second kappa shape index (κ2) is 6.28. The number of aromatic nitrogens is 4. The van der Waals surface area contributed by atoms with Crippen LogP contribution in [0.25, 0.3) is 12.2 Å². The third-order valence-corrected chi connectivity index (χ3v) is 4.67. The van der Waals surface area contributed by atoms with Gasteiger partial charge in [-0.2, -0.15) is 0 Å². The summed E-state index contributed by atoms with van der Waals surface area (Å²) in [5, 5.41) is 13.8. The number of aromatic amines is 1. The number of hydrogen-bond donors (Lipinski definition) is 1. The predicted molar refractivity (Wildman–Crippen MR) is 85.2 cm³/mol. The second-order valence-corrected chi connectivity index (χ2v) is 6.37. The number of thiophene rings is 1. The van der Waals surface area contributed by atoms with Crippen molar-refractivity contribution < 1.29 is 4.52 Å². The number of H-pyrrole nitrogens is 1. The van der Waals surface area contributed by atoms with Crippen molar-refractivity contribution in [2.45, 2.75) is 24.8 Å². The highest BCUT2D eigenvalue weighted by molar-refractivity contribution is 7.98. The van der Waals surface area contributed by atoms with Crippen LogP contribution >= 0.6 is 23.1 Å². The zero-order valence-electron chi connectivity index (χ0n) is 11.7. The molecule has 3 rings (SSSR count). The van der Waals surface area contributed by atoms with Crippen molar-refractivity contribution >= 4 is 35.3 Å². The molecule has 21 heavy (non-hydrogen) atoms. The average molecular weight is 318 g/mol. The minimum Gasteiger partial charge on any atom is -0.361 e. The van der Waals surface area contributed by atoms with Crippen LogP contribution in [-0.4, -0.2) is 20.3 Å². The van der Waals surface area contributed by atoms with Crippen LogP contribution in [0.5, 0.6) is 0 Å². The Kier molecular flexibility index (Phi) is 4.21. The molecule has 0 atom stereocenters. The Morgan fingerprint density at radius 1 is 1.38 bits per heavy atom. The lowest BCUT2D eigenvalue weighted by Crippen LogP contribution is -1.86. The first-order chi connectivity index (χ1) is 10.2. The number of nitrogens with one attached hydrogen (secondary N) is 1. The molecule has 5 nitrogen and oxygen atoms in total. The highest BCUT2D eigenvalue weighted by Crippen LogP contribution is 2.23. The highest BCUT2D eigenvalue weighted by atomic mass is 32.2. The van der Waals surface area contributed by atoms with Crippen molar-refractivity contribution in [1.29, 1.82) is 0 Å². The number of rotatable bonds is 5. The zero-order chi connectivity index (χ0) is 14.7. The van der Waals surface area contributed by atoms with E-state index < -0.39 is 0 Å². The van der Waals surface area contributed by atoms with E-state index >= 15 is 0 Å². The molecule has 0 radical (unpaired) electrons. The summed E-state index contributed by atoms with van der Waals surface area (Å²) in [6.07, 6.45) is 3.95. The van der Waals surface area contributed by atoms with Crippen molar-refractivity contribution in [1.82, 2.24) is 20.3 Å². The summed E-state index contributed by atoms with van der Waals surface area (Å²) in [5.41, 5.74) is 2.04. The van der Waals surface area contributed by atoms with Gasteiger partial charge in [0.15, 0.2) is 0 Å². The third-order valence-electron chi connectivity index (χ3n) is 2.96. The van der Waals surface area contributed by atoms with E-state index in [0.717, 1.165) is 33.8 Å². The molecule has 0 saturated heterocycles. The SMILES string of the molecule is Cc1noc(C)c1CSc1n[nH]c(C=Cc2cccs2)n1.